The van der Waals surface area contributed by atoms with E-state index in [4.69, 9.17) is 0 Å². The van der Waals surface area contributed by atoms with Crippen LogP contribution in [0.3, 0.4) is 0 Å². The van der Waals surface area contributed by atoms with Gasteiger partial charge in [0.15, 0.2) is 0 Å². The predicted octanol–water partition coefficient (Wildman–Crippen LogP) is 3.56. The lowest BCUT2D eigenvalue weighted by Crippen LogP contribution is -2.44. The molecule has 96 valence electrons. The monoisotopic (exact) mass is 236 g/mol. The van der Waals surface area contributed by atoms with Crippen molar-refractivity contribution in [1.29, 1.82) is 0 Å². The minimum Gasteiger partial charge on any atom is -0.481 e. The SMILES string of the molecule is C[C@@H](C(=O)O)[C@H]1CC[C@]2(C)[C@H]3CC[C@H](C3)[C@]12C. The maximum Gasteiger partial charge on any atom is 0.306 e. The lowest BCUT2D eigenvalue weighted by atomic mass is 9.55. The maximum atomic E-state index is 11.3. The van der Waals surface area contributed by atoms with Crippen molar-refractivity contribution in [2.24, 2.45) is 34.5 Å². The van der Waals surface area contributed by atoms with Crippen LogP contribution in [-0.2, 0) is 4.79 Å². The molecule has 0 amide bonds. The van der Waals surface area contributed by atoms with Gasteiger partial charge in [-0.3, -0.25) is 4.79 Å². The summed E-state index contributed by atoms with van der Waals surface area (Å²) in [6.07, 6.45) is 6.50. The molecule has 0 aromatic carbocycles. The van der Waals surface area contributed by atoms with E-state index in [9.17, 15) is 9.90 Å². The van der Waals surface area contributed by atoms with Crippen LogP contribution in [-0.4, -0.2) is 11.1 Å². The van der Waals surface area contributed by atoms with E-state index in [-0.39, 0.29) is 5.92 Å². The van der Waals surface area contributed by atoms with Gasteiger partial charge in [0.25, 0.3) is 0 Å². The van der Waals surface area contributed by atoms with E-state index < -0.39 is 5.97 Å². The Morgan fingerprint density at radius 3 is 2.53 bits per heavy atom. The zero-order valence-electron chi connectivity index (χ0n) is 11.2. The van der Waals surface area contributed by atoms with E-state index in [1.807, 2.05) is 6.92 Å². The minimum absolute atomic E-state index is 0.166. The first-order chi connectivity index (χ1) is 7.91. The van der Waals surface area contributed by atoms with Gasteiger partial charge in [0.05, 0.1) is 5.92 Å². The van der Waals surface area contributed by atoms with Gasteiger partial charge in [0, 0.05) is 0 Å². The molecule has 0 unspecified atom stereocenters. The van der Waals surface area contributed by atoms with Gasteiger partial charge in [-0.15, -0.1) is 0 Å². The van der Waals surface area contributed by atoms with Crippen LogP contribution in [0.4, 0.5) is 0 Å². The second kappa shape index (κ2) is 3.27. The Morgan fingerprint density at radius 2 is 1.88 bits per heavy atom. The van der Waals surface area contributed by atoms with Gasteiger partial charge in [-0.25, -0.2) is 0 Å². The van der Waals surface area contributed by atoms with Crippen molar-refractivity contribution in [3.63, 3.8) is 0 Å². The molecule has 0 aromatic heterocycles. The van der Waals surface area contributed by atoms with Gasteiger partial charge in [-0.2, -0.15) is 0 Å². The van der Waals surface area contributed by atoms with Crippen molar-refractivity contribution in [3.05, 3.63) is 0 Å². The van der Waals surface area contributed by atoms with Crippen LogP contribution in [0, 0.1) is 34.5 Å². The molecule has 17 heavy (non-hydrogen) atoms. The van der Waals surface area contributed by atoms with E-state index >= 15 is 0 Å². The summed E-state index contributed by atoms with van der Waals surface area (Å²) in [6.45, 7) is 6.79. The summed E-state index contributed by atoms with van der Waals surface area (Å²) in [5.41, 5.74) is 0.734. The van der Waals surface area contributed by atoms with Crippen LogP contribution in [0.5, 0.6) is 0 Å². The van der Waals surface area contributed by atoms with Crippen LogP contribution < -0.4 is 0 Å². The second-order valence-electron chi connectivity index (χ2n) is 7.18. The lowest BCUT2D eigenvalue weighted by Gasteiger charge is -2.49. The van der Waals surface area contributed by atoms with Crippen molar-refractivity contribution < 1.29 is 9.90 Å². The van der Waals surface area contributed by atoms with Crippen LogP contribution in [0.15, 0.2) is 0 Å². The normalized spacial score (nSPS) is 53.7. The molecule has 0 spiro atoms. The maximum absolute atomic E-state index is 11.3. The molecule has 0 radical (unpaired) electrons. The number of carbonyl (C=O) groups is 1. The molecule has 1 N–H and O–H groups in total. The Hall–Kier alpha value is -0.530. The van der Waals surface area contributed by atoms with Crippen molar-refractivity contribution in [2.75, 3.05) is 0 Å². The number of carboxylic acid groups (broad SMARTS) is 1. The first-order valence-electron chi connectivity index (χ1n) is 7.14. The molecule has 3 aliphatic carbocycles. The highest BCUT2D eigenvalue weighted by atomic mass is 16.4. The highest BCUT2D eigenvalue weighted by Gasteiger charge is 2.68. The van der Waals surface area contributed by atoms with E-state index in [0.29, 0.717) is 16.7 Å². The Balaban J connectivity index is 1.98. The largest absolute Gasteiger partial charge is 0.481 e. The standard InChI is InChI=1S/C15H24O2/c1-9(13(16)17)12-6-7-14(2)10-4-5-11(8-10)15(12,14)3/h9-12H,4-8H2,1-3H3,(H,16,17)/t9-,10+,11-,12-,14-,15-/m1/s1. The number of hydrogen-bond acceptors (Lipinski definition) is 1. The van der Waals surface area contributed by atoms with Gasteiger partial charge in [0.1, 0.15) is 0 Å². The van der Waals surface area contributed by atoms with Crippen LogP contribution in [0.1, 0.15) is 52.9 Å². The Bertz CT molecular complexity index is 364. The molecule has 2 bridgehead atoms. The molecule has 3 aliphatic rings. The number of rotatable bonds is 2. The number of fused-ring (bicyclic) bond motifs is 5. The van der Waals surface area contributed by atoms with E-state index in [2.05, 4.69) is 13.8 Å². The summed E-state index contributed by atoms with van der Waals surface area (Å²) in [4.78, 5) is 11.3. The van der Waals surface area contributed by atoms with E-state index in [1.165, 1.54) is 25.7 Å². The fraction of sp³-hybridized carbons (Fsp3) is 0.933. The van der Waals surface area contributed by atoms with Crippen molar-refractivity contribution in [1.82, 2.24) is 0 Å². The summed E-state index contributed by atoms with van der Waals surface area (Å²) in [6, 6.07) is 0. The summed E-state index contributed by atoms with van der Waals surface area (Å²) in [7, 11) is 0. The first-order valence-corrected chi connectivity index (χ1v) is 7.14. The molecule has 0 aromatic rings. The Kier molecular flexibility index (Phi) is 2.22. The molecular formula is C15H24O2. The molecule has 0 aliphatic heterocycles. The van der Waals surface area contributed by atoms with Gasteiger partial charge in [0.2, 0.25) is 0 Å². The molecule has 3 fully saturated rings. The number of hydrogen-bond donors (Lipinski definition) is 1. The van der Waals surface area contributed by atoms with Crippen LogP contribution in [0.25, 0.3) is 0 Å². The van der Waals surface area contributed by atoms with Crippen molar-refractivity contribution in [3.8, 4) is 0 Å². The fourth-order valence-corrected chi connectivity index (χ4v) is 5.91. The van der Waals surface area contributed by atoms with Gasteiger partial charge in [-0.05, 0) is 60.7 Å². The predicted molar refractivity (Wildman–Crippen MR) is 66.6 cm³/mol. The van der Waals surface area contributed by atoms with E-state index in [0.717, 1.165) is 18.3 Å². The third-order valence-corrected chi connectivity index (χ3v) is 7.15. The molecule has 2 heteroatoms. The van der Waals surface area contributed by atoms with Crippen LogP contribution >= 0.6 is 0 Å². The highest BCUT2D eigenvalue weighted by molar-refractivity contribution is 5.70. The molecule has 2 nitrogen and oxygen atoms in total. The zero-order valence-corrected chi connectivity index (χ0v) is 11.2. The topological polar surface area (TPSA) is 37.3 Å². The Labute approximate surface area is 104 Å². The third-order valence-electron chi connectivity index (χ3n) is 7.15. The molecule has 3 rings (SSSR count). The second-order valence-corrected chi connectivity index (χ2v) is 7.18. The summed E-state index contributed by atoms with van der Waals surface area (Å²) >= 11 is 0. The first kappa shape index (κ1) is 11.6. The fourth-order valence-electron chi connectivity index (χ4n) is 5.91. The van der Waals surface area contributed by atoms with Gasteiger partial charge >= 0.3 is 5.97 Å². The van der Waals surface area contributed by atoms with Crippen molar-refractivity contribution >= 4 is 5.97 Å². The van der Waals surface area contributed by atoms with Gasteiger partial charge in [-0.1, -0.05) is 20.8 Å². The number of carboxylic acids is 1. The summed E-state index contributed by atoms with van der Waals surface area (Å²) < 4.78 is 0. The van der Waals surface area contributed by atoms with Gasteiger partial charge < -0.3 is 5.11 Å². The molecule has 3 saturated carbocycles. The number of aliphatic carboxylic acids is 1. The lowest BCUT2D eigenvalue weighted by molar-refractivity contribution is -0.146. The summed E-state index contributed by atoms with van der Waals surface area (Å²) in [5, 5.41) is 9.33. The molecule has 0 saturated heterocycles. The average molecular weight is 236 g/mol. The van der Waals surface area contributed by atoms with Crippen molar-refractivity contribution in [2.45, 2.75) is 52.9 Å². The summed E-state index contributed by atoms with van der Waals surface area (Å²) in [5.74, 6) is 1.32. The molecule has 0 heterocycles. The quantitative estimate of drug-likeness (QED) is 0.796. The van der Waals surface area contributed by atoms with Crippen LogP contribution in [0.2, 0.25) is 0 Å². The minimum atomic E-state index is -0.594. The highest BCUT2D eigenvalue weighted by Crippen LogP contribution is 2.75. The Morgan fingerprint density at radius 1 is 1.24 bits per heavy atom. The smallest absolute Gasteiger partial charge is 0.306 e. The third kappa shape index (κ3) is 1.15. The molecular weight excluding hydrogens is 212 g/mol. The zero-order chi connectivity index (χ0) is 12.4. The average Bonchev–Trinajstić information content (AvgIpc) is 2.88. The molecule has 6 atom stereocenters. The van der Waals surface area contributed by atoms with E-state index in [1.54, 1.807) is 0 Å².